The molecule has 0 saturated heterocycles. The van der Waals surface area contributed by atoms with Crippen molar-refractivity contribution in [2.24, 2.45) is 0 Å². The van der Waals surface area contributed by atoms with Crippen LogP contribution in [0.25, 0.3) is 10.9 Å². The number of nitrogens with two attached hydrogens (primary N) is 3. The fraction of sp³-hybridized carbons (Fsp3) is 0.379. The zero-order valence-corrected chi connectivity index (χ0v) is 24.5. The maximum Gasteiger partial charge on any atom is 0.253 e. The van der Waals surface area contributed by atoms with E-state index in [1.165, 1.54) is 28.6 Å². The van der Waals surface area contributed by atoms with Crippen LogP contribution in [0, 0.1) is 0 Å². The van der Waals surface area contributed by atoms with Crippen LogP contribution >= 0.6 is 11.5 Å². The third-order valence-electron chi connectivity index (χ3n) is 6.56. The molecule has 1 aliphatic heterocycles. The summed E-state index contributed by atoms with van der Waals surface area (Å²) in [5, 5.41) is 4.70. The Hall–Kier alpha value is -4.00. The summed E-state index contributed by atoms with van der Waals surface area (Å²) < 4.78 is 4.18. The maximum atomic E-state index is 12.0. The van der Waals surface area contributed by atoms with Crippen LogP contribution in [0.1, 0.15) is 39.0 Å². The maximum absolute atomic E-state index is 12.0. The molecule has 3 amide bonds. The Morgan fingerprint density at radius 3 is 2.44 bits per heavy atom. The lowest BCUT2D eigenvalue weighted by molar-refractivity contribution is -0.830. The topological polar surface area (TPSA) is 160 Å². The van der Waals surface area contributed by atoms with Crippen LogP contribution < -0.4 is 27.2 Å². The van der Waals surface area contributed by atoms with Crippen LogP contribution in [0.3, 0.4) is 0 Å². The third-order valence-corrected chi connectivity index (χ3v) is 7.27. The molecule has 0 aliphatic carbocycles. The summed E-state index contributed by atoms with van der Waals surface area (Å²) in [6.07, 6.45) is 6.63. The van der Waals surface area contributed by atoms with Gasteiger partial charge in [0.1, 0.15) is 5.00 Å². The second-order valence-electron chi connectivity index (χ2n) is 9.52. The summed E-state index contributed by atoms with van der Waals surface area (Å²) >= 11 is 1.32. The summed E-state index contributed by atoms with van der Waals surface area (Å²) in [6.45, 7) is 4.67. The van der Waals surface area contributed by atoms with Crippen molar-refractivity contribution in [3.63, 3.8) is 0 Å². The van der Waals surface area contributed by atoms with Gasteiger partial charge in [-0.3, -0.25) is 19.3 Å². The number of hydrogen-bond acceptors (Lipinski definition) is 9. The van der Waals surface area contributed by atoms with E-state index >= 15 is 0 Å². The van der Waals surface area contributed by atoms with Gasteiger partial charge in [0.2, 0.25) is 5.91 Å². The number of unbranched alkanes of at least 4 members (excludes halogenated alkanes) is 3. The first-order valence-corrected chi connectivity index (χ1v) is 14.5. The molecule has 12 heteroatoms. The normalized spacial score (nSPS) is 12.5. The standard InChI is InChI=1S/C21H30N4O3.C8H9N3OS/c1-2-24(18-9-7-17(22)8-10-18)16-13-19(26)23-14-5-3-4-6-15-25-20(27)11-12-21(25)28;1-12-10-5-2-3-7-6(4-5)8(9)13-11-7/h7-12H,2-6,13-16,22H2,1H3,(H,23,26);2-4,10H,9H2,1H3/p+1. The molecule has 0 fully saturated rings. The van der Waals surface area contributed by atoms with Gasteiger partial charge in [-0.1, -0.05) is 12.8 Å². The number of anilines is 3. The number of amides is 3. The fourth-order valence-electron chi connectivity index (χ4n) is 4.30. The summed E-state index contributed by atoms with van der Waals surface area (Å²) in [4.78, 5) is 43.2. The largest absolute Gasteiger partial charge is 0.399 e. The molecule has 4 rings (SSSR count). The van der Waals surface area contributed by atoms with E-state index in [1.54, 1.807) is 12.6 Å². The average Bonchev–Trinajstić information content (AvgIpc) is 3.50. The summed E-state index contributed by atoms with van der Waals surface area (Å²) in [7, 11) is 1.62. The Kier molecular flexibility index (Phi) is 12.5. The number of nitrogen functional groups attached to an aromatic ring is 2. The first-order chi connectivity index (χ1) is 19.8. The molecule has 2 heterocycles. The second kappa shape index (κ2) is 16.3. The molecule has 1 aliphatic rings. The van der Waals surface area contributed by atoms with Gasteiger partial charge in [0.15, 0.2) is 5.69 Å². The number of carbonyl (C=O) groups excluding carboxylic acids is 3. The van der Waals surface area contributed by atoms with E-state index in [4.69, 9.17) is 16.3 Å². The van der Waals surface area contributed by atoms with E-state index < -0.39 is 0 Å². The molecule has 0 bridgehead atoms. The number of hydrogen-bond donors (Lipinski definition) is 4. The van der Waals surface area contributed by atoms with Gasteiger partial charge in [-0.25, -0.2) is 4.84 Å². The van der Waals surface area contributed by atoms with E-state index in [1.807, 2.05) is 42.5 Å². The van der Waals surface area contributed by atoms with E-state index in [0.717, 1.165) is 65.2 Å². The number of fused-ring (bicyclic) bond motifs is 1. The molecule has 0 atom stereocenters. The van der Waals surface area contributed by atoms with E-state index in [-0.39, 0.29) is 17.7 Å². The van der Waals surface area contributed by atoms with Gasteiger partial charge in [-0.2, -0.15) is 9.85 Å². The minimum Gasteiger partial charge on any atom is -0.399 e. The Morgan fingerprint density at radius 2 is 1.76 bits per heavy atom. The highest BCUT2D eigenvalue weighted by molar-refractivity contribution is 7.11. The van der Waals surface area contributed by atoms with E-state index in [9.17, 15) is 14.4 Å². The van der Waals surface area contributed by atoms with Crippen molar-refractivity contribution in [3.05, 3.63) is 54.6 Å². The van der Waals surface area contributed by atoms with Crippen molar-refractivity contribution in [2.75, 3.05) is 49.7 Å². The molecule has 3 aromatic rings. The predicted molar refractivity (Wildman–Crippen MR) is 163 cm³/mol. The Morgan fingerprint density at radius 1 is 1.05 bits per heavy atom. The lowest BCUT2D eigenvalue weighted by Crippen LogP contribution is -2.75. The number of nitrogens with one attached hydrogen (secondary N) is 1. The highest BCUT2D eigenvalue weighted by Crippen LogP contribution is 2.25. The minimum atomic E-state index is -0.225. The number of carbonyl (C=O) groups is 3. The van der Waals surface area contributed by atoms with E-state index in [2.05, 4.69) is 21.5 Å². The fourth-order valence-corrected chi connectivity index (χ4v) is 4.91. The van der Waals surface area contributed by atoms with Crippen LogP contribution in [0.4, 0.5) is 22.1 Å². The van der Waals surface area contributed by atoms with Crippen LogP contribution in [-0.4, -0.2) is 60.3 Å². The summed E-state index contributed by atoms with van der Waals surface area (Å²) in [5.41, 5.74) is 16.9. The van der Waals surface area contributed by atoms with Crippen LogP contribution in [0.15, 0.2) is 54.6 Å². The third kappa shape index (κ3) is 9.85. The molecule has 0 spiro atoms. The number of nitrogens with zero attached hydrogens (tertiary/aromatic N) is 3. The molecule has 220 valence electrons. The van der Waals surface area contributed by atoms with Gasteiger partial charge >= 0.3 is 0 Å². The summed E-state index contributed by atoms with van der Waals surface area (Å²) in [6, 6.07) is 13.5. The zero-order valence-electron chi connectivity index (χ0n) is 23.7. The van der Waals surface area contributed by atoms with Crippen LogP contribution in [0.5, 0.6) is 0 Å². The first kappa shape index (κ1) is 31.5. The molecule has 0 unspecified atom stereocenters. The van der Waals surface area contributed by atoms with Crippen molar-refractivity contribution in [1.82, 2.24) is 14.6 Å². The van der Waals surface area contributed by atoms with Crippen molar-refractivity contribution >= 4 is 62.2 Å². The van der Waals surface area contributed by atoms with Crippen molar-refractivity contribution in [2.45, 2.75) is 39.0 Å². The average molecular weight is 583 g/mol. The monoisotopic (exact) mass is 582 g/mol. The van der Waals surface area contributed by atoms with Gasteiger partial charge in [-0.15, -0.1) is 0 Å². The number of rotatable bonds is 14. The predicted octanol–water partition coefficient (Wildman–Crippen LogP) is 2.72. The van der Waals surface area contributed by atoms with E-state index in [0.29, 0.717) is 26.1 Å². The lowest BCUT2D eigenvalue weighted by atomic mass is 10.2. The minimum absolute atomic E-state index is 0.0493. The molecular weight excluding hydrogens is 542 g/mol. The van der Waals surface area contributed by atoms with Crippen molar-refractivity contribution in [3.8, 4) is 0 Å². The molecule has 1 aromatic heterocycles. The van der Waals surface area contributed by atoms with Crippen molar-refractivity contribution in [1.29, 1.82) is 0 Å². The SMILES string of the molecule is CCN(CCC(=O)NCCCCCCN1C(=O)C=CC1=O)c1ccc(N)cc1.CO[NH2+]c1ccc2nsc(N)c2c1. The quantitative estimate of drug-likeness (QED) is 0.0977. The highest BCUT2D eigenvalue weighted by Gasteiger charge is 2.22. The van der Waals surface area contributed by atoms with Gasteiger partial charge in [0.05, 0.1) is 12.6 Å². The van der Waals surface area contributed by atoms with Crippen molar-refractivity contribution < 1.29 is 24.7 Å². The lowest BCUT2D eigenvalue weighted by Gasteiger charge is -2.23. The highest BCUT2D eigenvalue weighted by atomic mass is 32.1. The molecule has 0 radical (unpaired) electrons. The van der Waals surface area contributed by atoms with Gasteiger partial charge in [0, 0.05) is 73.6 Å². The summed E-state index contributed by atoms with van der Waals surface area (Å²) in [5.74, 6) is -0.400. The molecular formula is C29H40N7O4S+. The smallest absolute Gasteiger partial charge is 0.253 e. The second-order valence-corrected chi connectivity index (χ2v) is 10.3. The Balaban J connectivity index is 0.000000294. The number of quaternary nitrogens is 1. The molecule has 7 N–H and O–H groups in total. The zero-order chi connectivity index (χ0) is 29.6. The van der Waals surface area contributed by atoms with Crippen LogP contribution in [-0.2, 0) is 19.2 Å². The number of benzene rings is 2. The van der Waals surface area contributed by atoms with Crippen LogP contribution in [0.2, 0.25) is 0 Å². The van der Waals surface area contributed by atoms with Gasteiger partial charge < -0.3 is 21.7 Å². The van der Waals surface area contributed by atoms with Gasteiger partial charge in [-0.05, 0) is 61.6 Å². The molecule has 2 aromatic carbocycles. The Labute approximate surface area is 244 Å². The molecule has 0 saturated carbocycles. The first-order valence-electron chi connectivity index (χ1n) is 13.7. The number of aromatic nitrogens is 1. The van der Waals surface area contributed by atoms with Gasteiger partial charge in [0.25, 0.3) is 11.8 Å². The molecule has 11 nitrogen and oxygen atoms in total. The Bertz CT molecular complexity index is 1310. The number of imide groups is 1. The molecule has 41 heavy (non-hydrogen) atoms.